The number of rotatable bonds is 11. The van der Waals surface area contributed by atoms with E-state index in [1.807, 2.05) is 6.07 Å². The SMILES string of the molecule is CCOC(=O)CS(=O)(=O)N(C/C=C/c1cccc(C#N)c1)c1ccc(OCOC)c(Cl)c1. The lowest BCUT2D eigenvalue weighted by molar-refractivity contribution is -0.139. The number of nitrogens with zero attached hydrogens (tertiary/aromatic N) is 2. The Morgan fingerprint density at radius 1 is 1.25 bits per heavy atom. The second kappa shape index (κ2) is 12.1. The number of anilines is 1. The van der Waals surface area contributed by atoms with Gasteiger partial charge in [-0.3, -0.25) is 9.10 Å². The highest BCUT2D eigenvalue weighted by atomic mass is 35.5. The first-order chi connectivity index (χ1) is 15.3. The zero-order valence-corrected chi connectivity index (χ0v) is 19.2. The van der Waals surface area contributed by atoms with Gasteiger partial charge in [0, 0.05) is 7.11 Å². The van der Waals surface area contributed by atoms with E-state index in [4.69, 9.17) is 31.1 Å². The van der Waals surface area contributed by atoms with Gasteiger partial charge in [0.05, 0.1) is 35.5 Å². The molecule has 32 heavy (non-hydrogen) atoms. The van der Waals surface area contributed by atoms with E-state index < -0.39 is 21.7 Å². The Balaban J connectivity index is 2.34. The number of hydrogen-bond donors (Lipinski definition) is 0. The van der Waals surface area contributed by atoms with E-state index in [1.165, 1.54) is 25.3 Å². The van der Waals surface area contributed by atoms with Gasteiger partial charge in [-0.05, 0) is 42.8 Å². The van der Waals surface area contributed by atoms with Gasteiger partial charge in [-0.1, -0.05) is 35.9 Å². The molecular formula is C22H23ClN2O6S. The van der Waals surface area contributed by atoms with E-state index in [9.17, 15) is 13.2 Å². The van der Waals surface area contributed by atoms with Gasteiger partial charge in [-0.25, -0.2) is 8.42 Å². The normalized spacial score (nSPS) is 11.2. The Kier molecular flexibility index (Phi) is 9.53. The molecule has 0 amide bonds. The summed E-state index contributed by atoms with van der Waals surface area (Å²) in [5.74, 6) is -1.35. The van der Waals surface area contributed by atoms with Crippen molar-refractivity contribution < 1.29 is 27.4 Å². The number of ether oxygens (including phenoxy) is 3. The maximum absolute atomic E-state index is 13.0. The third-order valence-electron chi connectivity index (χ3n) is 4.07. The summed E-state index contributed by atoms with van der Waals surface area (Å²) in [5, 5.41) is 9.21. The van der Waals surface area contributed by atoms with Gasteiger partial charge in [0.2, 0.25) is 10.0 Å². The summed E-state index contributed by atoms with van der Waals surface area (Å²) in [6.07, 6.45) is 3.30. The van der Waals surface area contributed by atoms with Crippen LogP contribution in [0, 0.1) is 11.3 Å². The molecule has 0 fully saturated rings. The Morgan fingerprint density at radius 3 is 2.69 bits per heavy atom. The molecule has 0 aliphatic heterocycles. The summed E-state index contributed by atoms with van der Waals surface area (Å²) in [5.41, 5.74) is 1.46. The second-order valence-corrected chi connectivity index (χ2v) is 8.70. The van der Waals surface area contributed by atoms with E-state index in [0.717, 1.165) is 9.87 Å². The third kappa shape index (κ3) is 7.27. The summed E-state index contributed by atoms with van der Waals surface area (Å²) in [6, 6.07) is 13.4. The van der Waals surface area contributed by atoms with Crippen molar-refractivity contribution in [3.8, 4) is 11.8 Å². The van der Waals surface area contributed by atoms with Crippen LogP contribution < -0.4 is 9.04 Å². The minimum absolute atomic E-state index is 0.0194. The van der Waals surface area contributed by atoms with E-state index in [1.54, 1.807) is 43.3 Å². The number of methoxy groups -OCH3 is 1. The lowest BCUT2D eigenvalue weighted by Gasteiger charge is -2.23. The van der Waals surface area contributed by atoms with Gasteiger partial charge in [0.1, 0.15) is 5.75 Å². The second-order valence-electron chi connectivity index (χ2n) is 6.40. The maximum atomic E-state index is 13.0. The molecule has 0 aromatic heterocycles. The number of benzene rings is 2. The Hall–Kier alpha value is -3.06. The van der Waals surface area contributed by atoms with E-state index in [-0.39, 0.29) is 30.7 Å². The van der Waals surface area contributed by atoms with Crippen LogP contribution in [0.1, 0.15) is 18.1 Å². The first-order valence-corrected chi connectivity index (χ1v) is 11.5. The largest absolute Gasteiger partial charge is 0.466 e. The van der Waals surface area contributed by atoms with E-state index >= 15 is 0 Å². The van der Waals surface area contributed by atoms with Crippen molar-refractivity contribution in [3.63, 3.8) is 0 Å². The average molecular weight is 479 g/mol. The zero-order valence-electron chi connectivity index (χ0n) is 17.7. The molecule has 0 unspecified atom stereocenters. The summed E-state index contributed by atoms with van der Waals surface area (Å²) >= 11 is 6.24. The molecule has 0 saturated heterocycles. The molecule has 2 rings (SSSR count). The van der Waals surface area contributed by atoms with E-state index in [2.05, 4.69) is 0 Å². The molecule has 0 radical (unpaired) electrons. The lowest BCUT2D eigenvalue weighted by Crippen LogP contribution is -2.36. The number of carbonyl (C=O) groups is 1. The number of nitriles is 1. The van der Waals surface area contributed by atoms with Crippen LogP contribution in [0.3, 0.4) is 0 Å². The fourth-order valence-corrected chi connectivity index (χ4v) is 4.20. The molecule has 0 bridgehead atoms. The number of halogens is 1. The molecule has 0 spiro atoms. The highest BCUT2D eigenvalue weighted by molar-refractivity contribution is 7.93. The number of esters is 1. The third-order valence-corrected chi connectivity index (χ3v) is 6.00. The maximum Gasteiger partial charge on any atom is 0.323 e. The zero-order chi connectivity index (χ0) is 23.6. The summed E-state index contributed by atoms with van der Waals surface area (Å²) in [6.45, 7) is 1.57. The topological polar surface area (TPSA) is 106 Å². The monoisotopic (exact) mass is 478 g/mol. The minimum atomic E-state index is -4.08. The highest BCUT2D eigenvalue weighted by Gasteiger charge is 2.26. The molecule has 0 aliphatic rings. The van der Waals surface area contributed by atoms with Crippen LogP contribution in [0.25, 0.3) is 6.08 Å². The molecule has 0 heterocycles. The number of sulfonamides is 1. The van der Waals surface area contributed by atoms with Crippen molar-refractivity contribution in [2.75, 3.05) is 37.1 Å². The Bertz CT molecular complexity index is 1110. The lowest BCUT2D eigenvalue weighted by atomic mass is 10.1. The minimum Gasteiger partial charge on any atom is -0.466 e. The quantitative estimate of drug-likeness (QED) is 0.358. The first kappa shape index (κ1) is 25.2. The van der Waals surface area contributed by atoms with Crippen molar-refractivity contribution in [3.05, 3.63) is 64.7 Å². The molecule has 2 aromatic carbocycles. The summed E-state index contributed by atoms with van der Waals surface area (Å²) < 4.78 is 42.0. The summed E-state index contributed by atoms with van der Waals surface area (Å²) in [4.78, 5) is 11.9. The highest BCUT2D eigenvalue weighted by Crippen LogP contribution is 2.31. The standard InChI is InChI=1S/C22H23ClN2O6S/c1-3-30-22(26)15-32(27,28)25(11-5-8-17-6-4-7-18(12-17)14-24)19-9-10-21(20(23)13-19)31-16-29-2/h4-10,12-13H,3,11,15-16H2,1-2H3/b8-5+. The Labute approximate surface area is 192 Å². The van der Waals surface area contributed by atoms with Crippen LogP contribution in [0.2, 0.25) is 5.02 Å². The smallest absolute Gasteiger partial charge is 0.323 e. The molecule has 8 nitrogen and oxygen atoms in total. The van der Waals surface area contributed by atoms with Gasteiger partial charge in [0.25, 0.3) is 0 Å². The molecule has 2 aromatic rings. The predicted octanol–water partition coefficient (Wildman–Crippen LogP) is 3.61. The predicted molar refractivity (Wildman–Crippen MR) is 122 cm³/mol. The average Bonchev–Trinajstić information content (AvgIpc) is 2.75. The van der Waals surface area contributed by atoms with Crippen LogP contribution in [0.4, 0.5) is 5.69 Å². The molecule has 170 valence electrons. The van der Waals surface area contributed by atoms with Crippen LogP contribution in [0.5, 0.6) is 5.75 Å². The van der Waals surface area contributed by atoms with Crippen LogP contribution in [-0.4, -0.2) is 47.2 Å². The molecule has 0 saturated carbocycles. The van der Waals surface area contributed by atoms with Gasteiger partial charge in [0.15, 0.2) is 12.5 Å². The fraction of sp³-hybridized carbons (Fsp3) is 0.273. The van der Waals surface area contributed by atoms with Crippen molar-refractivity contribution >= 4 is 39.4 Å². The van der Waals surface area contributed by atoms with Crippen LogP contribution >= 0.6 is 11.6 Å². The molecular weight excluding hydrogens is 456 g/mol. The van der Waals surface area contributed by atoms with Crippen LogP contribution in [0.15, 0.2) is 48.5 Å². The number of carbonyl (C=O) groups excluding carboxylic acids is 1. The first-order valence-electron chi connectivity index (χ1n) is 9.54. The van der Waals surface area contributed by atoms with Gasteiger partial charge >= 0.3 is 5.97 Å². The molecule has 0 aliphatic carbocycles. The van der Waals surface area contributed by atoms with Gasteiger partial charge in [-0.2, -0.15) is 5.26 Å². The van der Waals surface area contributed by atoms with Crippen molar-refractivity contribution in [2.45, 2.75) is 6.92 Å². The van der Waals surface area contributed by atoms with E-state index in [0.29, 0.717) is 11.3 Å². The Morgan fingerprint density at radius 2 is 2.03 bits per heavy atom. The van der Waals surface area contributed by atoms with Gasteiger partial charge in [-0.15, -0.1) is 0 Å². The molecule has 0 N–H and O–H groups in total. The van der Waals surface area contributed by atoms with Crippen molar-refractivity contribution in [1.82, 2.24) is 0 Å². The van der Waals surface area contributed by atoms with Crippen molar-refractivity contribution in [2.24, 2.45) is 0 Å². The van der Waals surface area contributed by atoms with Crippen molar-refractivity contribution in [1.29, 1.82) is 5.26 Å². The molecule has 10 heteroatoms. The number of hydrogen-bond acceptors (Lipinski definition) is 7. The van der Waals surface area contributed by atoms with Crippen LogP contribution in [-0.2, 0) is 24.3 Å². The summed E-state index contributed by atoms with van der Waals surface area (Å²) in [7, 11) is -2.62. The molecule has 0 atom stereocenters. The fourth-order valence-electron chi connectivity index (χ4n) is 2.69. The van der Waals surface area contributed by atoms with Gasteiger partial charge < -0.3 is 14.2 Å².